The quantitative estimate of drug-likeness (QED) is 0.861. The molecule has 0 amide bonds. The van der Waals surface area contributed by atoms with Gasteiger partial charge in [-0.2, -0.15) is 0 Å². The highest BCUT2D eigenvalue weighted by atomic mass is 79.9. The predicted octanol–water partition coefficient (Wildman–Crippen LogP) is 3.90. The molecule has 0 fully saturated rings. The van der Waals surface area contributed by atoms with Crippen molar-refractivity contribution in [3.63, 3.8) is 0 Å². The maximum atomic E-state index is 5.37. The van der Waals surface area contributed by atoms with E-state index in [0.29, 0.717) is 0 Å². The SMILES string of the molecule is COc1ccc(OC)c(-c2sc(Br)nc2C)c1. The molecule has 17 heavy (non-hydrogen) atoms. The van der Waals surface area contributed by atoms with Gasteiger partial charge in [-0.3, -0.25) is 0 Å². The van der Waals surface area contributed by atoms with Crippen LogP contribution in [0, 0.1) is 6.92 Å². The van der Waals surface area contributed by atoms with Gasteiger partial charge in [-0.1, -0.05) is 0 Å². The van der Waals surface area contributed by atoms with Crippen LogP contribution in [0.2, 0.25) is 0 Å². The molecule has 0 spiro atoms. The zero-order valence-electron chi connectivity index (χ0n) is 9.78. The van der Waals surface area contributed by atoms with Crippen LogP contribution in [0.3, 0.4) is 0 Å². The molecule has 1 aromatic carbocycles. The van der Waals surface area contributed by atoms with Gasteiger partial charge < -0.3 is 9.47 Å². The lowest BCUT2D eigenvalue weighted by atomic mass is 10.1. The molecule has 0 aliphatic heterocycles. The van der Waals surface area contributed by atoms with Crippen LogP contribution < -0.4 is 9.47 Å². The first-order valence-corrected chi connectivity index (χ1v) is 6.62. The molecule has 1 heterocycles. The van der Waals surface area contributed by atoms with Crippen molar-refractivity contribution in [1.29, 1.82) is 0 Å². The van der Waals surface area contributed by atoms with E-state index in [-0.39, 0.29) is 0 Å². The van der Waals surface area contributed by atoms with Crippen LogP contribution in [0.4, 0.5) is 0 Å². The Hall–Kier alpha value is -1.07. The van der Waals surface area contributed by atoms with Gasteiger partial charge >= 0.3 is 0 Å². The minimum absolute atomic E-state index is 0.810. The van der Waals surface area contributed by atoms with Gasteiger partial charge in [0.05, 0.1) is 24.8 Å². The summed E-state index contributed by atoms with van der Waals surface area (Å²) in [6.45, 7) is 1.98. The molecule has 0 saturated heterocycles. The summed E-state index contributed by atoms with van der Waals surface area (Å²) < 4.78 is 11.5. The molecule has 90 valence electrons. The van der Waals surface area contributed by atoms with Crippen LogP contribution >= 0.6 is 27.3 Å². The number of halogens is 1. The van der Waals surface area contributed by atoms with Crippen LogP contribution in [0.15, 0.2) is 22.1 Å². The van der Waals surface area contributed by atoms with Crippen LogP contribution in [-0.2, 0) is 0 Å². The molecule has 0 atom stereocenters. The van der Waals surface area contributed by atoms with Gasteiger partial charge in [0.15, 0.2) is 3.92 Å². The number of nitrogens with zero attached hydrogens (tertiary/aromatic N) is 1. The molecular formula is C12H12BrNO2S. The molecule has 2 aromatic rings. The molecule has 0 unspecified atom stereocenters. The average molecular weight is 314 g/mol. The molecule has 2 rings (SSSR count). The predicted molar refractivity (Wildman–Crippen MR) is 73.1 cm³/mol. The summed E-state index contributed by atoms with van der Waals surface area (Å²) in [6.07, 6.45) is 0. The molecule has 0 N–H and O–H groups in total. The van der Waals surface area contributed by atoms with Crippen molar-refractivity contribution in [3.05, 3.63) is 27.8 Å². The molecule has 0 radical (unpaired) electrons. The number of hydrogen-bond donors (Lipinski definition) is 0. The summed E-state index contributed by atoms with van der Waals surface area (Å²) in [4.78, 5) is 5.45. The normalized spacial score (nSPS) is 10.4. The minimum Gasteiger partial charge on any atom is -0.497 e. The van der Waals surface area contributed by atoms with Crippen molar-refractivity contribution in [3.8, 4) is 21.9 Å². The summed E-state index contributed by atoms with van der Waals surface area (Å²) in [5, 5.41) is 0. The first kappa shape index (κ1) is 12.4. The van der Waals surface area contributed by atoms with Gasteiger partial charge in [0.1, 0.15) is 11.5 Å². The van der Waals surface area contributed by atoms with E-state index in [2.05, 4.69) is 20.9 Å². The first-order valence-electron chi connectivity index (χ1n) is 5.01. The highest BCUT2D eigenvalue weighted by Crippen LogP contribution is 2.39. The number of ether oxygens (including phenoxy) is 2. The molecule has 1 aromatic heterocycles. The Kier molecular flexibility index (Phi) is 3.69. The third-order valence-electron chi connectivity index (χ3n) is 2.42. The Bertz CT molecular complexity index is 539. The lowest BCUT2D eigenvalue weighted by molar-refractivity contribution is 0.404. The lowest BCUT2D eigenvalue weighted by Gasteiger charge is -2.09. The molecule has 0 aliphatic carbocycles. The van der Waals surface area contributed by atoms with E-state index in [1.807, 2.05) is 25.1 Å². The summed E-state index contributed by atoms with van der Waals surface area (Å²) in [7, 11) is 3.32. The van der Waals surface area contributed by atoms with Gasteiger partial charge in [-0.25, -0.2) is 4.98 Å². The maximum absolute atomic E-state index is 5.37. The highest BCUT2D eigenvalue weighted by Gasteiger charge is 2.14. The Morgan fingerprint density at radius 2 is 2.00 bits per heavy atom. The maximum Gasteiger partial charge on any atom is 0.159 e. The number of rotatable bonds is 3. The van der Waals surface area contributed by atoms with E-state index in [0.717, 1.165) is 31.6 Å². The Morgan fingerprint density at radius 3 is 2.53 bits per heavy atom. The van der Waals surface area contributed by atoms with E-state index in [9.17, 15) is 0 Å². The van der Waals surface area contributed by atoms with Crippen molar-refractivity contribution in [1.82, 2.24) is 4.98 Å². The smallest absolute Gasteiger partial charge is 0.159 e. The Labute approximate surface area is 113 Å². The number of hydrogen-bond acceptors (Lipinski definition) is 4. The topological polar surface area (TPSA) is 31.4 Å². The van der Waals surface area contributed by atoms with E-state index < -0.39 is 0 Å². The fourth-order valence-electron chi connectivity index (χ4n) is 1.60. The summed E-state index contributed by atoms with van der Waals surface area (Å²) in [5.41, 5.74) is 1.99. The second-order valence-corrected chi connectivity index (χ2v) is 5.72. The van der Waals surface area contributed by atoms with Crippen LogP contribution in [-0.4, -0.2) is 19.2 Å². The second kappa shape index (κ2) is 5.06. The number of methoxy groups -OCH3 is 2. The van der Waals surface area contributed by atoms with Gasteiger partial charge in [-0.15, -0.1) is 11.3 Å². The zero-order chi connectivity index (χ0) is 12.4. The highest BCUT2D eigenvalue weighted by molar-refractivity contribution is 9.11. The largest absolute Gasteiger partial charge is 0.497 e. The minimum atomic E-state index is 0.810. The van der Waals surface area contributed by atoms with Crippen LogP contribution in [0.1, 0.15) is 5.69 Å². The molecule has 0 saturated carbocycles. The monoisotopic (exact) mass is 313 g/mol. The lowest BCUT2D eigenvalue weighted by Crippen LogP contribution is -1.90. The average Bonchev–Trinajstić information content (AvgIpc) is 2.67. The third kappa shape index (κ3) is 2.45. The van der Waals surface area contributed by atoms with E-state index in [4.69, 9.17) is 9.47 Å². The van der Waals surface area contributed by atoms with E-state index in [1.54, 1.807) is 25.6 Å². The molecule has 5 heteroatoms. The number of benzene rings is 1. The standard InChI is InChI=1S/C12H12BrNO2S/c1-7-11(17-12(13)14-7)9-6-8(15-2)4-5-10(9)16-3/h4-6H,1-3H3. The number of thiazole rings is 1. The number of aryl methyl sites for hydroxylation is 1. The number of aromatic nitrogens is 1. The van der Waals surface area contributed by atoms with E-state index in [1.165, 1.54) is 0 Å². The fraction of sp³-hybridized carbons (Fsp3) is 0.250. The first-order chi connectivity index (χ1) is 8.15. The zero-order valence-corrected chi connectivity index (χ0v) is 12.2. The van der Waals surface area contributed by atoms with Crippen LogP contribution in [0.25, 0.3) is 10.4 Å². The second-order valence-electron chi connectivity index (χ2n) is 3.45. The van der Waals surface area contributed by atoms with Crippen molar-refractivity contribution >= 4 is 27.3 Å². The Morgan fingerprint density at radius 1 is 1.24 bits per heavy atom. The molecule has 3 nitrogen and oxygen atoms in total. The van der Waals surface area contributed by atoms with Gasteiger partial charge in [-0.05, 0) is 41.1 Å². The van der Waals surface area contributed by atoms with Crippen molar-refractivity contribution in [2.75, 3.05) is 14.2 Å². The third-order valence-corrected chi connectivity index (χ3v) is 4.06. The van der Waals surface area contributed by atoms with Crippen molar-refractivity contribution in [2.45, 2.75) is 6.92 Å². The van der Waals surface area contributed by atoms with Gasteiger partial charge in [0.25, 0.3) is 0 Å². The fourth-order valence-corrected chi connectivity index (χ4v) is 3.17. The molecular weight excluding hydrogens is 302 g/mol. The van der Waals surface area contributed by atoms with Crippen molar-refractivity contribution < 1.29 is 9.47 Å². The van der Waals surface area contributed by atoms with Crippen LogP contribution in [0.5, 0.6) is 11.5 Å². The summed E-state index contributed by atoms with van der Waals surface area (Å²) in [6, 6.07) is 5.75. The van der Waals surface area contributed by atoms with Gasteiger partial charge in [0, 0.05) is 5.56 Å². The van der Waals surface area contributed by atoms with Gasteiger partial charge in [0.2, 0.25) is 0 Å². The Balaban J connectivity index is 2.59. The molecule has 0 aliphatic rings. The van der Waals surface area contributed by atoms with E-state index >= 15 is 0 Å². The summed E-state index contributed by atoms with van der Waals surface area (Å²) >= 11 is 4.98. The van der Waals surface area contributed by atoms with Crippen molar-refractivity contribution in [2.24, 2.45) is 0 Å². The molecule has 0 bridgehead atoms. The summed E-state index contributed by atoms with van der Waals surface area (Å²) in [5.74, 6) is 1.63.